The van der Waals surface area contributed by atoms with Crippen LogP contribution >= 0.6 is 7.82 Å². The Balaban J connectivity index is 2.51. The molecule has 0 amide bonds. The monoisotopic (exact) mass is 854 g/mol. The highest BCUT2D eigenvalue weighted by Crippen LogP contribution is 2.39. The summed E-state index contributed by atoms with van der Waals surface area (Å²) >= 11 is 0. The van der Waals surface area contributed by atoms with Crippen molar-refractivity contribution in [3.8, 4) is 0 Å². The number of hydrogen-bond acceptors (Lipinski definition) is 11. The summed E-state index contributed by atoms with van der Waals surface area (Å²) < 4.78 is 33.8. The molecule has 12 nitrogen and oxygen atoms in total. The van der Waals surface area contributed by atoms with Crippen molar-refractivity contribution in [2.24, 2.45) is 11.8 Å². The number of esters is 2. The number of quaternary nitrogens is 1. The van der Waals surface area contributed by atoms with E-state index in [0.717, 1.165) is 83.5 Å². The molecule has 1 unspecified atom stereocenters. The summed E-state index contributed by atoms with van der Waals surface area (Å²) in [6.45, 7) is 3.70. The second-order valence-corrected chi connectivity index (χ2v) is 18.1. The molecule has 1 fully saturated rings. The summed E-state index contributed by atoms with van der Waals surface area (Å²) in [5.41, 5.74) is 0. The first kappa shape index (κ1) is 54.6. The highest BCUT2D eigenvalue weighted by Gasteiger charge is 2.39. The van der Waals surface area contributed by atoms with Gasteiger partial charge in [0, 0.05) is 25.2 Å². The standard InChI is InChI=1S/C46H80NO11P/c1-6-8-10-11-12-13-14-15-16-17-18-19-20-21-27-31-46(52)58-40(38-57-59(53,54)56-35-34-47(3,4)5)37-55-45(51)30-26-23-22-25-29-41-42(44(50)36-43(41)49)33-32-39(48)28-24-9-7-2/h8,10,12-13,15-16,18-19,32-33,39-44,48-50H,6-7,9,11,14,17,20-31,34-38H2,1-5H3/b10-8-,13-12-,16-15-,19-18-,33-32+/t39-,40+,41+,42+,43-,44+/m0/s1. The van der Waals surface area contributed by atoms with Crippen LogP contribution in [0.3, 0.4) is 0 Å². The van der Waals surface area contributed by atoms with E-state index in [-0.39, 0.29) is 37.9 Å². The first-order chi connectivity index (χ1) is 28.2. The fourth-order valence-electron chi connectivity index (χ4n) is 6.62. The summed E-state index contributed by atoms with van der Waals surface area (Å²) in [4.78, 5) is 37.7. The van der Waals surface area contributed by atoms with Gasteiger partial charge < -0.3 is 43.2 Å². The average molecular weight is 854 g/mol. The van der Waals surface area contributed by atoms with Crippen molar-refractivity contribution in [3.05, 3.63) is 60.8 Å². The van der Waals surface area contributed by atoms with E-state index in [4.69, 9.17) is 18.5 Å². The molecule has 0 bridgehead atoms. The van der Waals surface area contributed by atoms with Gasteiger partial charge in [-0.05, 0) is 70.1 Å². The molecule has 3 N–H and O–H groups in total. The highest BCUT2D eigenvalue weighted by molar-refractivity contribution is 7.45. The van der Waals surface area contributed by atoms with Crippen LogP contribution in [-0.2, 0) is 32.7 Å². The number of hydrogen-bond donors (Lipinski definition) is 3. The van der Waals surface area contributed by atoms with Gasteiger partial charge in [0.25, 0.3) is 7.82 Å². The maximum atomic E-state index is 12.7. The topological polar surface area (TPSA) is 172 Å². The number of ether oxygens (including phenoxy) is 2. The van der Waals surface area contributed by atoms with Gasteiger partial charge in [0.1, 0.15) is 19.8 Å². The Morgan fingerprint density at radius 1 is 0.780 bits per heavy atom. The minimum Gasteiger partial charge on any atom is -0.756 e. The Bertz CT molecular complexity index is 1310. The maximum absolute atomic E-state index is 12.7. The number of rotatable bonds is 35. The third-order valence-electron chi connectivity index (χ3n) is 10.1. The number of likely N-dealkylation sites (N-methyl/N-ethyl adjacent to an activating group) is 1. The highest BCUT2D eigenvalue weighted by atomic mass is 31.2. The lowest BCUT2D eigenvalue weighted by Gasteiger charge is -2.28. The smallest absolute Gasteiger partial charge is 0.306 e. The number of allylic oxidation sites excluding steroid dienone is 8. The third kappa shape index (κ3) is 30.3. The number of aliphatic hydroxyl groups is 3. The van der Waals surface area contributed by atoms with Crippen LogP contribution in [0.1, 0.15) is 136 Å². The van der Waals surface area contributed by atoms with Gasteiger partial charge in [-0.2, -0.15) is 0 Å². The molecule has 0 spiro atoms. The lowest BCUT2D eigenvalue weighted by molar-refractivity contribution is -0.870. The molecule has 59 heavy (non-hydrogen) atoms. The quantitative estimate of drug-likeness (QED) is 0.0185. The van der Waals surface area contributed by atoms with E-state index in [1.807, 2.05) is 27.2 Å². The Labute approximate surface area is 356 Å². The van der Waals surface area contributed by atoms with Gasteiger partial charge in [0.15, 0.2) is 6.10 Å². The van der Waals surface area contributed by atoms with Gasteiger partial charge in [-0.15, -0.1) is 0 Å². The van der Waals surface area contributed by atoms with Crippen LogP contribution in [0.5, 0.6) is 0 Å². The summed E-state index contributed by atoms with van der Waals surface area (Å²) in [6, 6.07) is 0. The largest absolute Gasteiger partial charge is 0.756 e. The van der Waals surface area contributed by atoms with E-state index in [0.29, 0.717) is 36.7 Å². The molecule has 0 aromatic carbocycles. The van der Waals surface area contributed by atoms with Crippen LogP contribution < -0.4 is 4.89 Å². The minimum atomic E-state index is -4.69. The fraction of sp³-hybridized carbons (Fsp3) is 0.739. The molecule has 7 atom stereocenters. The molecular weight excluding hydrogens is 773 g/mol. The van der Waals surface area contributed by atoms with Crippen LogP contribution in [-0.4, -0.2) is 104 Å². The molecule has 0 aromatic rings. The van der Waals surface area contributed by atoms with Crippen LogP contribution in [0, 0.1) is 11.8 Å². The Kier molecular flexibility index (Phi) is 30.8. The Hall–Kier alpha value is -2.41. The van der Waals surface area contributed by atoms with Crippen molar-refractivity contribution >= 4 is 19.8 Å². The van der Waals surface area contributed by atoms with Crippen molar-refractivity contribution in [2.45, 2.75) is 160 Å². The summed E-state index contributed by atoms with van der Waals surface area (Å²) in [5.74, 6) is -1.32. The predicted octanol–water partition coefficient (Wildman–Crippen LogP) is 8.21. The SMILES string of the molecule is CC/C=C\C/C=C\C/C=C\C/C=C\CCCCC(=O)O[C@H](COC(=O)CCCCCC[C@@H]1[C@@H](/C=C/[C@@H](O)CCCCC)[C@H](O)C[C@@H]1O)COP(=O)([O-])OCC[N+](C)(C)C. The molecular formula is C46H80NO11P. The van der Waals surface area contributed by atoms with Gasteiger partial charge in [-0.25, -0.2) is 0 Å². The van der Waals surface area contributed by atoms with Crippen molar-refractivity contribution < 1.29 is 57.4 Å². The normalized spacial score (nSPS) is 21.0. The van der Waals surface area contributed by atoms with Crippen LogP contribution in [0.2, 0.25) is 0 Å². The maximum Gasteiger partial charge on any atom is 0.306 e. The molecule has 1 rings (SSSR count). The lowest BCUT2D eigenvalue weighted by atomic mass is 9.88. The van der Waals surface area contributed by atoms with E-state index in [1.54, 1.807) is 6.08 Å². The zero-order valence-electron chi connectivity index (χ0n) is 37.0. The second-order valence-electron chi connectivity index (χ2n) is 16.6. The van der Waals surface area contributed by atoms with Crippen molar-refractivity contribution in [1.29, 1.82) is 0 Å². The lowest BCUT2D eigenvalue weighted by Crippen LogP contribution is -2.37. The predicted molar refractivity (Wildman–Crippen MR) is 233 cm³/mol. The van der Waals surface area contributed by atoms with Crippen molar-refractivity contribution in [3.63, 3.8) is 0 Å². The molecule has 0 radical (unpaired) electrons. The Morgan fingerprint density at radius 3 is 2.07 bits per heavy atom. The molecule has 0 heterocycles. The van der Waals surface area contributed by atoms with Crippen molar-refractivity contribution in [2.75, 3.05) is 47.5 Å². The zero-order chi connectivity index (χ0) is 43.8. The van der Waals surface area contributed by atoms with Gasteiger partial charge in [0.05, 0.1) is 46.1 Å². The average Bonchev–Trinajstić information content (AvgIpc) is 3.44. The van der Waals surface area contributed by atoms with Gasteiger partial charge in [-0.1, -0.05) is 113 Å². The van der Waals surface area contributed by atoms with Crippen LogP contribution in [0.25, 0.3) is 0 Å². The molecule has 1 aliphatic carbocycles. The number of phosphoric ester groups is 1. The Morgan fingerprint density at radius 2 is 1.41 bits per heavy atom. The van der Waals surface area contributed by atoms with Crippen LogP contribution in [0.15, 0.2) is 60.8 Å². The zero-order valence-corrected chi connectivity index (χ0v) is 37.9. The number of carbonyl (C=O) groups excluding carboxylic acids is 2. The molecule has 1 saturated carbocycles. The van der Waals surface area contributed by atoms with Crippen LogP contribution in [0.4, 0.5) is 0 Å². The molecule has 340 valence electrons. The number of unbranched alkanes of at least 4 members (excludes halogenated alkanes) is 7. The van der Waals surface area contributed by atoms with E-state index in [9.17, 15) is 34.4 Å². The summed E-state index contributed by atoms with van der Waals surface area (Å²) in [6.07, 6.45) is 31.8. The molecule has 1 aliphatic rings. The van der Waals surface area contributed by atoms with E-state index in [2.05, 4.69) is 62.5 Å². The van der Waals surface area contributed by atoms with Gasteiger partial charge >= 0.3 is 11.9 Å². The molecule has 0 aromatic heterocycles. The first-order valence-electron chi connectivity index (χ1n) is 22.3. The molecule has 13 heteroatoms. The fourth-order valence-corrected chi connectivity index (χ4v) is 7.35. The number of aliphatic hydroxyl groups excluding tert-OH is 3. The van der Waals surface area contributed by atoms with E-state index in [1.165, 1.54) is 0 Å². The number of carbonyl (C=O) groups is 2. The molecule has 0 saturated heterocycles. The first-order valence-corrected chi connectivity index (χ1v) is 23.7. The van der Waals surface area contributed by atoms with E-state index < -0.39 is 50.8 Å². The minimum absolute atomic E-state index is 0.0762. The van der Waals surface area contributed by atoms with E-state index >= 15 is 0 Å². The van der Waals surface area contributed by atoms with Gasteiger partial charge in [-0.3, -0.25) is 14.2 Å². The molecule has 0 aliphatic heterocycles. The summed E-state index contributed by atoms with van der Waals surface area (Å²) in [5, 5.41) is 31.4. The summed E-state index contributed by atoms with van der Waals surface area (Å²) in [7, 11) is 1.01. The second kappa shape index (κ2) is 33.2. The number of phosphoric acid groups is 1. The number of nitrogens with zero attached hydrogens (tertiary/aromatic N) is 1. The van der Waals surface area contributed by atoms with Crippen molar-refractivity contribution in [1.82, 2.24) is 0 Å². The third-order valence-corrected chi connectivity index (χ3v) is 11.1. The van der Waals surface area contributed by atoms with Gasteiger partial charge in [0.2, 0.25) is 0 Å².